The van der Waals surface area contributed by atoms with Crippen molar-refractivity contribution in [3.8, 4) is 5.75 Å². The average Bonchev–Trinajstić information content (AvgIpc) is 2.36. The topological polar surface area (TPSA) is 26.3 Å². The van der Waals surface area contributed by atoms with Gasteiger partial charge in [-0.3, -0.25) is 4.79 Å². The second-order valence-electron chi connectivity index (χ2n) is 4.69. The number of hydrogen-bond donors (Lipinski definition) is 0. The van der Waals surface area contributed by atoms with Gasteiger partial charge in [0.05, 0.1) is 0 Å². The molecular weight excluding hydrogens is 269 g/mol. The van der Waals surface area contributed by atoms with E-state index in [9.17, 15) is 18.0 Å². The van der Waals surface area contributed by atoms with Crippen LogP contribution >= 0.6 is 0 Å². The summed E-state index contributed by atoms with van der Waals surface area (Å²) < 4.78 is 39.7. The molecule has 0 radical (unpaired) electrons. The van der Waals surface area contributed by atoms with Crippen molar-refractivity contribution in [1.82, 2.24) is 0 Å². The van der Waals surface area contributed by atoms with Crippen LogP contribution in [0.25, 0.3) is 0 Å². The first kappa shape index (κ1) is 16.5. The lowest BCUT2D eigenvalue weighted by atomic mass is 10.0. The van der Waals surface area contributed by atoms with E-state index in [-0.39, 0.29) is 11.5 Å². The first-order chi connectivity index (χ1) is 9.40. The van der Waals surface area contributed by atoms with E-state index in [1.165, 1.54) is 12.1 Å². The lowest BCUT2D eigenvalue weighted by molar-refractivity contribution is -0.274. The number of carbonyl (C=O) groups excluding carboxylic acids is 1. The van der Waals surface area contributed by atoms with Crippen LogP contribution in [0.4, 0.5) is 13.2 Å². The average molecular weight is 288 g/mol. The fourth-order valence-electron chi connectivity index (χ4n) is 1.84. The molecule has 0 saturated heterocycles. The van der Waals surface area contributed by atoms with Crippen molar-refractivity contribution in [2.45, 2.75) is 51.8 Å². The molecule has 0 atom stereocenters. The number of hydrogen-bond acceptors (Lipinski definition) is 2. The Kier molecular flexibility index (Phi) is 6.55. The number of alkyl halides is 3. The molecule has 0 aliphatic rings. The Hall–Kier alpha value is -1.52. The maximum Gasteiger partial charge on any atom is 0.573 e. The fourth-order valence-corrected chi connectivity index (χ4v) is 1.84. The van der Waals surface area contributed by atoms with Crippen molar-refractivity contribution in [3.05, 3.63) is 29.8 Å². The van der Waals surface area contributed by atoms with Gasteiger partial charge in [-0.2, -0.15) is 0 Å². The molecule has 1 aromatic carbocycles. The molecule has 5 heteroatoms. The van der Waals surface area contributed by atoms with Gasteiger partial charge in [-0.15, -0.1) is 13.2 Å². The van der Waals surface area contributed by atoms with Crippen LogP contribution in [0.5, 0.6) is 5.75 Å². The van der Waals surface area contributed by atoms with Gasteiger partial charge in [0, 0.05) is 12.8 Å². The standard InChI is InChI=1S/C15H19F3O2/c1-2-3-4-5-13(19)9-6-12-7-10-14(11-8-12)20-15(16,17)18/h7-8,10-11H,2-6,9H2,1H3. The molecule has 0 aromatic heterocycles. The Balaban J connectivity index is 2.36. The molecule has 0 spiro atoms. The zero-order chi connectivity index (χ0) is 15.0. The van der Waals surface area contributed by atoms with E-state index in [1.54, 1.807) is 12.1 Å². The molecular formula is C15H19F3O2. The summed E-state index contributed by atoms with van der Waals surface area (Å²) in [5.74, 6) is -0.0374. The third kappa shape index (κ3) is 7.16. The van der Waals surface area contributed by atoms with Crippen molar-refractivity contribution < 1.29 is 22.7 Å². The molecule has 20 heavy (non-hydrogen) atoms. The minimum atomic E-state index is -4.67. The number of halogens is 3. The van der Waals surface area contributed by atoms with Crippen LogP contribution in [-0.2, 0) is 11.2 Å². The quantitative estimate of drug-likeness (QED) is 0.650. The van der Waals surface area contributed by atoms with Gasteiger partial charge in [-0.1, -0.05) is 31.9 Å². The second kappa shape index (κ2) is 7.92. The third-order valence-corrected chi connectivity index (χ3v) is 2.91. The van der Waals surface area contributed by atoms with Crippen LogP contribution in [-0.4, -0.2) is 12.1 Å². The first-order valence-corrected chi connectivity index (χ1v) is 6.77. The fraction of sp³-hybridized carbons (Fsp3) is 0.533. The van der Waals surface area contributed by atoms with Crippen LogP contribution in [0.15, 0.2) is 24.3 Å². The molecule has 0 amide bonds. The van der Waals surface area contributed by atoms with Crippen molar-refractivity contribution in [1.29, 1.82) is 0 Å². The number of ketones is 1. The van der Waals surface area contributed by atoms with E-state index in [1.807, 2.05) is 0 Å². The smallest absolute Gasteiger partial charge is 0.406 e. The van der Waals surface area contributed by atoms with E-state index in [2.05, 4.69) is 11.7 Å². The highest BCUT2D eigenvalue weighted by molar-refractivity contribution is 5.78. The number of rotatable bonds is 8. The highest BCUT2D eigenvalue weighted by Crippen LogP contribution is 2.23. The molecule has 0 unspecified atom stereocenters. The van der Waals surface area contributed by atoms with Gasteiger partial charge in [0.2, 0.25) is 0 Å². The summed E-state index contributed by atoms with van der Waals surface area (Å²) in [6.07, 6.45) is -0.0584. The number of benzene rings is 1. The minimum absolute atomic E-state index is 0.203. The highest BCUT2D eigenvalue weighted by Gasteiger charge is 2.30. The highest BCUT2D eigenvalue weighted by atomic mass is 19.4. The van der Waals surface area contributed by atoms with Crippen LogP contribution in [0, 0.1) is 0 Å². The summed E-state index contributed by atoms with van der Waals surface area (Å²) in [6.45, 7) is 2.08. The van der Waals surface area contributed by atoms with Gasteiger partial charge in [-0.05, 0) is 30.5 Å². The lowest BCUT2D eigenvalue weighted by Gasteiger charge is -2.09. The Morgan fingerprint density at radius 2 is 1.75 bits per heavy atom. The van der Waals surface area contributed by atoms with Crippen LogP contribution in [0.2, 0.25) is 0 Å². The number of aryl methyl sites for hydroxylation is 1. The SMILES string of the molecule is CCCCCC(=O)CCc1ccc(OC(F)(F)F)cc1. The summed E-state index contributed by atoms with van der Waals surface area (Å²) in [5.41, 5.74) is 0.836. The number of Topliss-reactive ketones (excluding diaryl/α,β-unsaturated/α-hetero) is 1. The zero-order valence-electron chi connectivity index (χ0n) is 11.5. The number of unbranched alkanes of at least 4 members (excludes halogenated alkanes) is 2. The van der Waals surface area contributed by atoms with Gasteiger partial charge >= 0.3 is 6.36 Å². The van der Waals surface area contributed by atoms with E-state index in [0.29, 0.717) is 19.3 Å². The number of ether oxygens (including phenoxy) is 1. The lowest BCUT2D eigenvalue weighted by Crippen LogP contribution is -2.17. The van der Waals surface area contributed by atoms with E-state index >= 15 is 0 Å². The van der Waals surface area contributed by atoms with Gasteiger partial charge in [0.1, 0.15) is 11.5 Å². The molecule has 2 nitrogen and oxygen atoms in total. The molecule has 1 rings (SSSR count). The Labute approximate surface area is 116 Å². The first-order valence-electron chi connectivity index (χ1n) is 6.77. The maximum absolute atomic E-state index is 12.0. The molecule has 112 valence electrons. The molecule has 0 heterocycles. The second-order valence-corrected chi connectivity index (χ2v) is 4.69. The summed E-state index contributed by atoms with van der Waals surface area (Å²) >= 11 is 0. The van der Waals surface area contributed by atoms with Crippen molar-refractivity contribution in [3.63, 3.8) is 0 Å². The molecule has 0 aliphatic heterocycles. The Bertz CT molecular complexity index is 410. The predicted molar refractivity (Wildman–Crippen MR) is 70.6 cm³/mol. The predicted octanol–water partition coefficient (Wildman–Crippen LogP) is 4.67. The molecule has 0 N–H and O–H groups in total. The van der Waals surface area contributed by atoms with Gasteiger partial charge in [0.25, 0.3) is 0 Å². The summed E-state index contributed by atoms with van der Waals surface area (Å²) in [6, 6.07) is 5.65. The molecule has 0 aliphatic carbocycles. The van der Waals surface area contributed by atoms with Crippen molar-refractivity contribution >= 4 is 5.78 Å². The van der Waals surface area contributed by atoms with Gasteiger partial charge < -0.3 is 4.74 Å². The van der Waals surface area contributed by atoms with Gasteiger partial charge in [0.15, 0.2) is 0 Å². The molecule has 0 fully saturated rings. The summed E-state index contributed by atoms with van der Waals surface area (Å²) in [4.78, 5) is 11.6. The van der Waals surface area contributed by atoms with Crippen LogP contribution in [0.3, 0.4) is 0 Å². The van der Waals surface area contributed by atoms with E-state index < -0.39 is 6.36 Å². The van der Waals surface area contributed by atoms with E-state index in [0.717, 1.165) is 24.8 Å². The Morgan fingerprint density at radius 1 is 1.10 bits per heavy atom. The van der Waals surface area contributed by atoms with Crippen LogP contribution < -0.4 is 4.74 Å². The maximum atomic E-state index is 12.0. The monoisotopic (exact) mass is 288 g/mol. The molecule has 0 saturated carbocycles. The number of carbonyl (C=O) groups is 1. The van der Waals surface area contributed by atoms with Gasteiger partial charge in [-0.25, -0.2) is 0 Å². The zero-order valence-corrected chi connectivity index (χ0v) is 11.5. The summed E-state index contributed by atoms with van der Waals surface area (Å²) in [5, 5.41) is 0. The minimum Gasteiger partial charge on any atom is -0.406 e. The summed E-state index contributed by atoms with van der Waals surface area (Å²) in [7, 11) is 0. The largest absolute Gasteiger partial charge is 0.573 e. The van der Waals surface area contributed by atoms with E-state index in [4.69, 9.17) is 0 Å². The Morgan fingerprint density at radius 3 is 2.30 bits per heavy atom. The van der Waals surface area contributed by atoms with Crippen molar-refractivity contribution in [2.24, 2.45) is 0 Å². The van der Waals surface area contributed by atoms with Crippen LogP contribution in [0.1, 0.15) is 44.6 Å². The third-order valence-electron chi connectivity index (χ3n) is 2.91. The normalized spacial score (nSPS) is 11.4. The van der Waals surface area contributed by atoms with Crippen molar-refractivity contribution in [2.75, 3.05) is 0 Å². The molecule has 0 bridgehead atoms. The molecule has 1 aromatic rings.